The fourth-order valence-corrected chi connectivity index (χ4v) is 4.58. The lowest BCUT2D eigenvalue weighted by Gasteiger charge is -2.14. The Kier molecular flexibility index (Phi) is 8.95. The second-order valence-corrected chi connectivity index (χ2v) is 10.9. The van der Waals surface area contributed by atoms with Crippen LogP contribution in [0.3, 0.4) is 0 Å². The molecule has 36 heavy (non-hydrogen) atoms. The molecule has 188 valence electrons. The molecule has 3 rings (SSSR count). The molecule has 0 spiro atoms. The number of carbonyl (C=O) groups excluding carboxylic acids is 2. The van der Waals surface area contributed by atoms with E-state index in [1.807, 2.05) is 19.1 Å². The van der Waals surface area contributed by atoms with E-state index in [2.05, 4.69) is 15.6 Å². The largest absolute Gasteiger partial charge is 0.325 e. The van der Waals surface area contributed by atoms with Gasteiger partial charge in [0.15, 0.2) is 9.84 Å². The van der Waals surface area contributed by atoms with Crippen LogP contribution in [0.5, 0.6) is 0 Å². The van der Waals surface area contributed by atoms with E-state index in [0.29, 0.717) is 34.0 Å². The molecule has 1 aromatic heterocycles. The van der Waals surface area contributed by atoms with E-state index in [1.165, 1.54) is 18.2 Å². The highest BCUT2D eigenvalue weighted by Gasteiger charge is 2.17. The fraction of sp³-hybridized carbons (Fsp3) is 0.231. The third kappa shape index (κ3) is 7.73. The Labute approximate surface area is 215 Å². The number of hydrogen-bond acceptors (Lipinski definition) is 6. The first-order valence-electron chi connectivity index (χ1n) is 11.2. The van der Waals surface area contributed by atoms with Crippen molar-refractivity contribution in [1.82, 2.24) is 4.98 Å². The molecule has 0 aliphatic carbocycles. The van der Waals surface area contributed by atoms with Crippen LogP contribution < -0.4 is 10.6 Å². The van der Waals surface area contributed by atoms with E-state index < -0.39 is 21.7 Å². The summed E-state index contributed by atoms with van der Waals surface area (Å²) in [5.74, 6) is -1.20. The number of carbonyl (C=O) groups is 2. The van der Waals surface area contributed by atoms with Crippen LogP contribution in [0.25, 0.3) is 11.3 Å². The summed E-state index contributed by atoms with van der Waals surface area (Å²) in [4.78, 5) is 29.8. The van der Waals surface area contributed by atoms with Crippen molar-refractivity contribution in [2.24, 2.45) is 0 Å². The second kappa shape index (κ2) is 11.9. The van der Waals surface area contributed by atoms with Gasteiger partial charge in [-0.15, -0.1) is 0 Å². The Bertz CT molecular complexity index is 1390. The molecule has 0 radical (unpaired) electrons. The van der Waals surface area contributed by atoms with Crippen LogP contribution in [0, 0.1) is 5.41 Å². The molecule has 2 aromatic carbocycles. The van der Waals surface area contributed by atoms with Gasteiger partial charge >= 0.3 is 0 Å². The van der Waals surface area contributed by atoms with E-state index >= 15 is 0 Å². The van der Waals surface area contributed by atoms with E-state index in [4.69, 9.17) is 17.0 Å². The number of benzene rings is 2. The number of halogens is 1. The second-order valence-electron chi connectivity index (χ2n) is 8.38. The SMILES string of the molecule is CCCC(=N)CC(=O)Nc1cc(C(=O)Nc2ccc(Cl)c(-c3ccccn3)c2)ccc1CS(C)(=O)=O. The maximum Gasteiger partial charge on any atom is 0.255 e. The van der Waals surface area contributed by atoms with Crippen molar-refractivity contribution in [1.29, 1.82) is 5.41 Å². The third-order valence-corrected chi connectivity index (χ3v) is 6.32. The molecule has 0 saturated heterocycles. The summed E-state index contributed by atoms with van der Waals surface area (Å²) in [5.41, 5.74) is 2.87. The van der Waals surface area contributed by atoms with Crippen LogP contribution in [-0.2, 0) is 20.4 Å². The molecule has 8 nitrogen and oxygen atoms in total. The summed E-state index contributed by atoms with van der Waals surface area (Å²) in [7, 11) is -3.40. The van der Waals surface area contributed by atoms with Gasteiger partial charge in [-0.3, -0.25) is 14.6 Å². The van der Waals surface area contributed by atoms with Gasteiger partial charge in [-0.25, -0.2) is 8.42 Å². The zero-order chi connectivity index (χ0) is 26.3. The first-order chi connectivity index (χ1) is 17.1. The number of sulfone groups is 1. The molecule has 0 aliphatic rings. The average molecular weight is 527 g/mol. The van der Waals surface area contributed by atoms with Crippen molar-refractivity contribution in [3.05, 3.63) is 76.9 Å². The average Bonchev–Trinajstić information content (AvgIpc) is 2.81. The quantitative estimate of drug-likeness (QED) is 0.307. The van der Waals surface area contributed by atoms with Crippen LogP contribution in [0.2, 0.25) is 5.02 Å². The number of nitrogens with one attached hydrogen (secondary N) is 3. The van der Waals surface area contributed by atoms with Gasteiger partial charge in [-0.1, -0.05) is 37.1 Å². The van der Waals surface area contributed by atoms with Gasteiger partial charge in [-0.2, -0.15) is 0 Å². The van der Waals surface area contributed by atoms with E-state index in [-0.39, 0.29) is 29.1 Å². The topological polar surface area (TPSA) is 129 Å². The minimum absolute atomic E-state index is 0.107. The summed E-state index contributed by atoms with van der Waals surface area (Å²) >= 11 is 6.32. The maximum absolute atomic E-state index is 13.0. The minimum Gasteiger partial charge on any atom is -0.325 e. The van der Waals surface area contributed by atoms with Crippen molar-refractivity contribution in [2.45, 2.75) is 31.9 Å². The van der Waals surface area contributed by atoms with Crippen molar-refractivity contribution in [2.75, 3.05) is 16.9 Å². The predicted octanol–water partition coefficient (Wildman–Crippen LogP) is 5.35. The molecule has 1 heterocycles. The highest BCUT2D eigenvalue weighted by atomic mass is 35.5. The van der Waals surface area contributed by atoms with E-state index in [9.17, 15) is 18.0 Å². The van der Waals surface area contributed by atoms with Gasteiger partial charge in [0, 0.05) is 40.7 Å². The number of amides is 2. The molecule has 3 N–H and O–H groups in total. The van der Waals surface area contributed by atoms with Crippen molar-refractivity contribution >= 4 is 50.3 Å². The molecule has 0 atom stereocenters. The molecule has 0 fully saturated rings. The molecule has 0 saturated carbocycles. The lowest BCUT2D eigenvalue weighted by molar-refractivity contribution is -0.115. The summed E-state index contributed by atoms with van der Waals surface area (Å²) in [5, 5.41) is 13.8. The van der Waals surface area contributed by atoms with E-state index in [1.54, 1.807) is 30.5 Å². The predicted molar refractivity (Wildman–Crippen MR) is 144 cm³/mol. The molecule has 0 aliphatic heterocycles. The van der Waals surface area contributed by atoms with E-state index in [0.717, 1.165) is 12.7 Å². The summed E-state index contributed by atoms with van der Waals surface area (Å²) in [6.45, 7) is 1.92. The lowest BCUT2D eigenvalue weighted by atomic mass is 10.1. The molecular weight excluding hydrogens is 500 g/mol. The maximum atomic E-state index is 13.0. The van der Waals surface area contributed by atoms with Crippen molar-refractivity contribution in [3.8, 4) is 11.3 Å². The van der Waals surface area contributed by atoms with Crippen LogP contribution >= 0.6 is 11.6 Å². The van der Waals surface area contributed by atoms with Gasteiger partial charge in [0.25, 0.3) is 5.91 Å². The number of nitrogens with zero attached hydrogens (tertiary/aromatic N) is 1. The zero-order valence-electron chi connectivity index (χ0n) is 20.0. The standard InChI is InChI=1S/C26H27ClN4O4S/c1-3-6-19(28)14-25(32)31-24-13-17(8-9-18(24)16-36(2,34)35)26(33)30-20-10-11-22(27)21(15-20)23-7-4-5-12-29-23/h4-5,7-13,15,28H,3,6,14,16H2,1-2H3,(H,30,33)(H,31,32). The molecule has 0 unspecified atom stereocenters. The molecule has 0 bridgehead atoms. The Morgan fingerprint density at radius 1 is 1.06 bits per heavy atom. The summed E-state index contributed by atoms with van der Waals surface area (Å²) in [6, 6.07) is 14.9. The Morgan fingerprint density at radius 2 is 1.83 bits per heavy atom. The van der Waals surface area contributed by atoms with Crippen LogP contribution in [0.1, 0.15) is 42.1 Å². The monoisotopic (exact) mass is 526 g/mol. The Hall–Kier alpha value is -3.56. The first kappa shape index (κ1) is 27.0. The molecule has 2 amide bonds. The van der Waals surface area contributed by atoms with Gasteiger partial charge in [0.05, 0.1) is 22.9 Å². The molecular formula is C26H27ClN4O4S. The fourth-order valence-electron chi connectivity index (χ4n) is 3.55. The number of aromatic nitrogens is 1. The number of anilines is 2. The Morgan fingerprint density at radius 3 is 2.50 bits per heavy atom. The third-order valence-electron chi connectivity index (χ3n) is 5.15. The van der Waals surface area contributed by atoms with Gasteiger partial charge in [-0.05, 0) is 54.4 Å². The molecule has 10 heteroatoms. The number of pyridine rings is 1. The zero-order valence-corrected chi connectivity index (χ0v) is 21.5. The lowest BCUT2D eigenvalue weighted by Crippen LogP contribution is -2.19. The number of rotatable bonds is 10. The summed E-state index contributed by atoms with van der Waals surface area (Å²) < 4.78 is 23.8. The highest BCUT2D eigenvalue weighted by Crippen LogP contribution is 2.29. The van der Waals surface area contributed by atoms with Crippen molar-refractivity contribution in [3.63, 3.8) is 0 Å². The highest BCUT2D eigenvalue weighted by molar-refractivity contribution is 7.89. The van der Waals surface area contributed by atoms with Crippen molar-refractivity contribution < 1.29 is 18.0 Å². The number of hydrogen-bond donors (Lipinski definition) is 3. The van der Waals surface area contributed by atoms with Crippen LogP contribution in [0.15, 0.2) is 60.8 Å². The Balaban J connectivity index is 1.86. The smallest absolute Gasteiger partial charge is 0.255 e. The molecule has 3 aromatic rings. The van der Waals surface area contributed by atoms with Gasteiger partial charge < -0.3 is 16.0 Å². The summed E-state index contributed by atoms with van der Waals surface area (Å²) in [6.07, 6.45) is 3.87. The normalized spacial score (nSPS) is 11.1. The first-order valence-corrected chi connectivity index (χ1v) is 13.7. The van der Waals surface area contributed by atoms with Gasteiger partial charge in [0.2, 0.25) is 5.91 Å². The van der Waals surface area contributed by atoms with Crippen LogP contribution in [0.4, 0.5) is 11.4 Å². The van der Waals surface area contributed by atoms with Crippen LogP contribution in [-0.4, -0.2) is 37.2 Å². The van der Waals surface area contributed by atoms with Gasteiger partial charge in [0.1, 0.15) is 0 Å². The minimum atomic E-state index is -3.40.